The monoisotopic (exact) mass is 562 g/mol. The lowest BCUT2D eigenvalue weighted by atomic mass is 9.96. The second kappa shape index (κ2) is 11.8. The van der Waals surface area contributed by atoms with Crippen molar-refractivity contribution in [3.63, 3.8) is 0 Å². The number of hydrazone groups is 1. The molecular weight excluding hydrogens is 527 g/mol. The van der Waals surface area contributed by atoms with E-state index in [4.69, 9.17) is 33.7 Å². The van der Waals surface area contributed by atoms with Crippen molar-refractivity contribution in [2.75, 3.05) is 50.0 Å². The maximum absolute atomic E-state index is 10.1. The number of aliphatic hydroxyl groups is 1. The molecule has 1 aromatic carbocycles. The molecule has 2 fully saturated rings. The smallest absolute Gasteiger partial charge is 0.262 e. The van der Waals surface area contributed by atoms with Crippen LogP contribution in [0.15, 0.2) is 29.4 Å². The van der Waals surface area contributed by atoms with Crippen LogP contribution in [0.3, 0.4) is 0 Å². The van der Waals surface area contributed by atoms with Gasteiger partial charge in [0.1, 0.15) is 0 Å². The van der Waals surface area contributed by atoms with E-state index >= 15 is 0 Å². The Balaban J connectivity index is 1.22. The number of piperidine rings is 1. The number of nitrogens with two attached hydrogens (primary N) is 1. The zero-order chi connectivity index (χ0) is 26.8. The van der Waals surface area contributed by atoms with Gasteiger partial charge in [0, 0.05) is 49.8 Å². The van der Waals surface area contributed by atoms with Crippen LogP contribution in [-0.2, 0) is 4.74 Å². The Morgan fingerprint density at radius 1 is 1.13 bits per heavy atom. The van der Waals surface area contributed by atoms with Crippen molar-refractivity contribution in [1.82, 2.24) is 25.2 Å². The summed E-state index contributed by atoms with van der Waals surface area (Å²) in [5.41, 5.74) is 10.5. The lowest BCUT2D eigenvalue weighted by Crippen LogP contribution is -2.58. The summed E-state index contributed by atoms with van der Waals surface area (Å²) in [4.78, 5) is 16.3. The Morgan fingerprint density at radius 2 is 1.87 bits per heavy atom. The average molecular weight is 564 g/mol. The number of piperazine rings is 1. The first-order chi connectivity index (χ1) is 18.4. The van der Waals surface area contributed by atoms with Gasteiger partial charge in [0.05, 0.1) is 12.6 Å². The first-order valence-corrected chi connectivity index (χ1v) is 14.1. The number of halogens is 2. The van der Waals surface area contributed by atoms with E-state index in [1.807, 2.05) is 31.2 Å². The molecule has 0 amide bonds. The van der Waals surface area contributed by atoms with Gasteiger partial charge in [0.25, 0.3) is 5.90 Å². The SMILES string of the molecule is CC[C@H]1CN(c2nc(N)c(C3=NNC(C)O3)nc2Cl)CCN1C1CCN([C@H](CO)c2ccc(Cl)cc2)CC1. The molecule has 10 nitrogen and oxygen atoms in total. The average Bonchev–Trinajstić information content (AvgIpc) is 3.37. The molecule has 0 spiro atoms. The van der Waals surface area contributed by atoms with Gasteiger partial charge >= 0.3 is 0 Å². The van der Waals surface area contributed by atoms with Gasteiger partial charge in [-0.3, -0.25) is 15.2 Å². The van der Waals surface area contributed by atoms with E-state index in [1.54, 1.807) is 0 Å². The van der Waals surface area contributed by atoms with Crippen molar-refractivity contribution < 1.29 is 9.84 Å². The Bertz CT molecular complexity index is 1140. The molecule has 2 aromatic rings. The van der Waals surface area contributed by atoms with Crippen molar-refractivity contribution in [3.8, 4) is 0 Å². The van der Waals surface area contributed by atoms with Crippen molar-refractivity contribution in [2.45, 2.75) is 57.5 Å². The third-order valence-electron chi connectivity index (χ3n) is 7.84. The highest BCUT2D eigenvalue weighted by molar-refractivity contribution is 6.32. The number of aliphatic hydroxyl groups excluding tert-OH is 1. The molecule has 0 aliphatic carbocycles. The molecular formula is C26H36Cl2N8O2. The minimum Gasteiger partial charge on any atom is -0.450 e. The molecule has 38 heavy (non-hydrogen) atoms. The summed E-state index contributed by atoms with van der Waals surface area (Å²) in [6.07, 6.45) is 2.91. The number of hydrogen-bond acceptors (Lipinski definition) is 10. The molecule has 3 aliphatic rings. The second-order valence-corrected chi connectivity index (χ2v) is 10.9. The molecule has 2 saturated heterocycles. The number of aromatic nitrogens is 2. The highest BCUT2D eigenvalue weighted by Gasteiger charge is 2.36. The molecule has 0 radical (unpaired) electrons. The topological polar surface area (TPSA) is 115 Å². The predicted octanol–water partition coefficient (Wildman–Crippen LogP) is 3.09. The third kappa shape index (κ3) is 5.65. The van der Waals surface area contributed by atoms with Crippen molar-refractivity contribution in [3.05, 3.63) is 45.7 Å². The van der Waals surface area contributed by atoms with Gasteiger partial charge in [0.15, 0.2) is 28.7 Å². The number of rotatable bonds is 7. The summed E-state index contributed by atoms with van der Waals surface area (Å²) >= 11 is 12.7. The van der Waals surface area contributed by atoms with Gasteiger partial charge in [-0.1, -0.05) is 42.3 Å². The normalized spacial score (nSPS) is 24.1. The fraction of sp³-hybridized carbons (Fsp3) is 0.577. The Kier molecular flexibility index (Phi) is 8.44. The van der Waals surface area contributed by atoms with Crippen LogP contribution in [0.25, 0.3) is 0 Å². The molecule has 12 heteroatoms. The van der Waals surface area contributed by atoms with Crippen LogP contribution in [0.2, 0.25) is 10.2 Å². The Labute approximate surface area is 233 Å². The lowest BCUT2D eigenvalue weighted by molar-refractivity contribution is 0.0356. The number of anilines is 2. The first-order valence-electron chi connectivity index (χ1n) is 13.3. The summed E-state index contributed by atoms with van der Waals surface area (Å²) in [6, 6.07) is 8.69. The van der Waals surface area contributed by atoms with Gasteiger partial charge < -0.3 is 20.5 Å². The number of ether oxygens (including phenoxy) is 1. The molecule has 1 unspecified atom stereocenters. The number of benzene rings is 1. The van der Waals surface area contributed by atoms with Crippen LogP contribution in [0, 0.1) is 0 Å². The van der Waals surface area contributed by atoms with Gasteiger partial charge in [0.2, 0.25) is 0 Å². The molecule has 206 valence electrons. The summed E-state index contributed by atoms with van der Waals surface area (Å²) in [5.74, 6) is 1.16. The summed E-state index contributed by atoms with van der Waals surface area (Å²) in [5, 5.41) is 15.3. The lowest BCUT2D eigenvalue weighted by Gasteiger charge is -2.48. The molecule has 5 rings (SSSR count). The largest absolute Gasteiger partial charge is 0.450 e. The highest BCUT2D eigenvalue weighted by atomic mass is 35.5. The van der Waals surface area contributed by atoms with E-state index in [-0.39, 0.29) is 24.7 Å². The predicted molar refractivity (Wildman–Crippen MR) is 151 cm³/mol. The van der Waals surface area contributed by atoms with E-state index in [2.05, 4.69) is 42.1 Å². The van der Waals surface area contributed by atoms with Crippen LogP contribution in [-0.4, -0.2) is 88.4 Å². The Morgan fingerprint density at radius 3 is 2.50 bits per heavy atom. The van der Waals surface area contributed by atoms with Crippen LogP contribution in [0.5, 0.6) is 0 Å². The minimum atomic E-state index is -0.248. The zero-order valence-electron chi connectivity index (χ0n) is 21.9. The van der Waals surface area contributed by atoms with E-state index < -0.39 is 0 Å². The highest BCUT2D eigenvalue weighted by Crippen LogP contribution is 2.32. The number of hydrogen-bond donors (Lipinski definition) is 3. The Hall–Kier alpha value is -2.37. The summed E-state index contributed by atoms with van der Waals surface area (Å²) in [7, 11) is 0. The quantitative estimate of drug-likeness (QED) is 0.468. The van der Waals surface area contributed by atoms with Crippen LogP contribution in [0.1, 0.15) is 50.4 Å². The number of nitrogens with zero attached hydrogens (tertiary/aromatic N) is 6. The molecule has 4 heterocycles. The van der Waals surface area contributed by atoms with Crippen molar-refractivity contribution in [2.24, 2.45) is 5.10 Å². The van der Waals surface area contributed by atoms with E-state index in [0.29, 0.717) is 39.7 Å². The standard InChI is InChI=1S/C26H36Cl2N8O2/c1-3-19-14-35(25-23(28)30-22(24(29)31-25)26-33-32-16(2)38-26)12-13-36(19)20-8-10-34(11-9-20)21(15-37)17-4-6-18(27)7-5-17/h4-7,16,19-21,32,37H,3,8-15H2,1-2H3,(H2,29,31)/t16?,19-,21+/m0/s1. The molecule has 3 atom stereocenters. The van der Waals surface area contributed by atoms with Gasteiger partial charge in [-0.15, -0.1) is 5.10 Å². The summed E-state index contributed by atoms with van der Waals surface area (Å²) in [6.45, 7) is 8.59. The third-order valence-corrected chi connectivity index (χ3v) is 8.34. The second-order valence-electron chi connectivity index (χ2n) is 10.1. The maximum Gasteiger partial charge on any atom is 0.262 e. The summed E-state index contributed by atoms with van der Waals surface area (Å²) < 4.78 is 5.60. The molecule has 0 saturated carbocycles. The number of likely N-dealkylation sites (tertiary alicyclic amines) is 1. The fourth-order valence-corrected chi connectivity index (χ4v) is 6.18. The van der Waals surface area contributed by atoms with E-state index in [9.17, 15) is 5.11 Å². The molecule has 0 bridgehead atoms. The van der Waals surface area contributed by atoms with Gasteiger partial charge in [-0.2, -0.15) is 0 Å². The minimum absolute atomic E-state index is 0.000715. The van der Waals surface area contributed by atoms with Crippen LogP contribution in [0.4, 0.5) is 11.6 Å². The van der Waals surface area contributed by atoms with E-state index in [0.717, 1.165) is 57.5 Å². The molecule has 1 aromatic heterocycles. The van der Waals surface area contributed by atoms with Gasteiger partial charge in [-0.25, -0.2) is 9.97 Å². The molecule has 4 N–H and O–H groups in total. The maximum atomic E-state index is 10.1. The van der Waals surface area contributed by atoms with Crippen LogP contribution < -0.4 is 16.1 Å². The zero-order valence-corrected chi connectivity index (χ0v) is 23.4. The van der Waals surface area contributed by atoms with Crippen molar-refractivity contribution >= 4 is 40.7 Å². The van der Waals surface area contributed by atoms with Crippen molar-refractivity contribution in [1.29, 1.82) is 0 Å². The first kappa shape index (κ1) is 27.2. The number of nitrogen functional groups attached to an aromatic ring is 1. The van der Waals surface area contributed by atoms with E-state index in [1.165, 1.54) is 0 Å². The van der Waals surface area contributed by atoms with Gasteiger partial charge in [-0.05, 0) is 43.9 Å². The fourth-order valence-electron chi connectivity index (χ4n) is 5.81. The number of nitrogens with one attached hydrogen (secondary N) is 1. The molecule has 3 aliphatic heterocycles. The van der Waals surface area contributed by atoms with Crippen LogP contribution >= 0.6 is 23.2 Å².